The van der Waals surface area contributed by atoms with Crippen LogP contribution in [0.3, 0.4) is 0 Å². The average Bonchev–Trinajstić information content (AvgIpc) is 2.83. The lowest BCUT2D eigenvalue weighted by Gasteiger charge is -2.11. The Bertz CT molecular complexity index is 827. The van der Waals surface area contributed by atoms with Gasteiger partial charge in [-0.3, -0.25) is 4.57 Å². The van der Waals surface area contributed by atoms with Crippen molar-refractivity contribution < 1.29 is 13.2 Å². The standard InChI is InChI=1S/C15H10ClF3N2/c1-8(16)15-20-12-6-5-11(18)13(19)14(12)21(15)10-4-2-3-9(17)7-10/h2-8H,1H3. The van der Waals surface area contributed by atoms with Gasteiger partial charge in [-0.25, -0.2) is 18.2 Å². The Morgan fingerprint density at radius 3 is 2.57 bits per heavy atom. The molecule has 3 aromatic rings. The molecule has 21 heavy (non-hydrogen) atoms. The average molecular weight is 311 g/mol. The summed E-state index contributed by atoms with van der Waals surface area (Å²) in [5.41, 5.74) is 0.549. The zero-order chi connectivity index (χ0) is 15.1. The number of benzene rings is 2. The van der Waals surface area contributed by atoms with E-state index in [0.717, 1.165) is 6.07 Å². The predicted molar refractivity (Wildman–Crippen MR) is 75.2 cm³/mol. The Kier molecular flexibility index (Phi) is 3.37. The summed E-state index contributed by atoms with van der Waals surface area (Å²) in [4.78, 5) is 4.22. The zero-order valence-electron chi connectivity index (χ0n) is 10.9. The summed E-state index contributed by atoms with van der Waals surface area (Å²) < 4.78 is 42.4. The van der Waals surface area contributed by atoms with Crippen LogP contribution in [0.1, 0.15) is 18.1 Å². The molecule has 0 spiro atoms. The van der Waals surface area contributed by atoms with E-state index in [-0.39, 0.29) is 11.0 Å². The fourth-order valence-corrected chi connectivity index (χ4v) is 2.41. The fourth-order valence-electron chi connectivity index (χ4n) is 2.26. The van der Waals surface area contributed by atoms with Crippen molar-refractivity contribution in [2.45, 2.75) is 12.3 Å². The number of hydrogen-bond donors (Lipinski definition) is 0. The third-order valence-electron chi connectivity index (χ3n) is 3.16. The van der Waals surface area contributed by atoms with Gasteiger partial charge < -0.3 is 0 Å². The van der Waals surface area contributed by atoms with Crippen LogP contribution >= 0.6 is 11.6 Å². The van der Waals surface area contributed by atoms with Gasteiger partial charge in [0.05, 0.1) is 16.6 Å². The maximum absolute atomic E-state index is 14.1. The van der Waals surface area contributed by atoms with E-state index >= 15 is 0 Å². The van der Waals surface area contributed by atoms with Gasteiger partial charge in [-0.1, -0.05) is 6.07 Å². The van der Waals surface area contributed by atoms with Gasteiger partial charge in [0.2, 0.25) is 0 Å². The van der Waals surface area contributed by atoms with Gasteiger partial charge in [0, 0.05) is 0 Å². The van der Waals surface area contributed by atoms with Gasteiger partial charge in [-0.05, 0) is 37.3 Å². The molecule has 0 aliphatic carbocycles. The van der Waals surface area contributed by atoms with Gasteiger partial charge in [0.25, 0.3) is 0 Å². The van der Waals surface area contributed by atoms with Crippen LogP contribution in [-0.2, 0) is 0 Å². The molecular formula is C15H10ClF3N2. The summed E-state index contributed by atoms with van der Waals surface area (Å²) in [6.45, 7) is 1.66. The molecule has 2 nitrogen and oxygen atoms in total. The van der Waals surface area contributed by atoms with Crippen LogP contribution in [0.5, 0.6) is 0 Å². The van der Waals surface area contributed by atoms with E-state index in [2.05, 4.69) is 4.98 Å². The summed E-state index contributed by atoms with van der Waals surface area (Å²) in [5.74, 6) is -2.19. The Balaban J connectivity index is 2.43. The lowest BCUT2D eigenvalue weighted by Crippen LogP contribution is -2.03. The quantitative estimate of drug-likeness (QED) is 0.625. The third-order valence-corrected chi connectivity index (χ3v) is 3.35. The molecule has 0 amide bonds. The van der Waals surface area contributed by atoms with Crippen molar-refractivity contribution in [3.05, 3.63) is 59.7 Å². The lowest BCUT2D eigenvalue weighted by atomic mass is 10.2. The Labute approximate surface area is 123 Å². The van der Waals surface area contributed by atoms with Crippen molar-refractivity contribution >= 4 is 22.6 Å². The van der Waals surface area contributed by atoms with Gasteiger partial charge >= 0.3 is 0 Å². The maximum Gasteiger partial charge on any atom is 0.185 e. The van der Waals surface area contributed by atoms with E-state index in [1.54, 1.807) is 13.0 Å². The van der Waals surface area contributed by atoms with Crippen molar-refractivity contribution in [2.24, 2.45) is 0 Å². The van der Waals surface area contributed by atoms with Crippen molar-refractivity contribution in [3.63, 3.8) is 0 Å². The molecule has 2 aromatic carbocycles. The topological polar surface area (TPSA) is 17.8 Å². The SMILES string of the molecule is CC(Cl)c1nc2ccc(F)c(F)c2n1-c1cccc(F)c1. The maximum atomic E-state index is 14.1. The van der Waals surface area contributed by atoms with Crippen LogP contribution in [0.25, 0.3) is 16.7 Å². The molecular weight excluding hydrogens is 301 g/mol. The lowest BCUT2D eigenvalue weighted by molar-refractivity contribution is 0.514. The summed E-state index contributed by atoms with van der Waals surface area (Å²) in [5, 5.41) is -0.553. The molecule has 1 atom stereocenters. The van der Waals surface area contributed by atoms with Gasteiger partial charge in [0.1, 0.15) is 17.2 Å². The smallest absolute Gasteiger partial charge is 0.185 e. The first-order valence-electron chi connectivity index (χ1n) is 6.25. The zero-order valence-corrected chi connectivity index (χ0v) is 11.7. The second-order valence-corrected chi connectivity index (χ2v) is 5.29. The first-order valence-corrected chi connectivity index (χ1v) is 6.69. The van der Waals surface area contributed by atoms with E-state index in [9.17, 15) is 13.2 Å². The number of alkyl halides is 1. The second kappa shape index (κ2) is 5.07. The number of nitrogens with zero attached hydrogens (tertiary/aromatic N) is 2. The molecule has 1 aromatic heterocycles. The Hall–Kier alpha value is -2.01. The number of fused-ring (bicyclic) bond motifs is 1. The summed E-state index contributed by atoms with van der Waals surface area (Å²) in [6, 6.07) is 7.92. The molecule has 0 saturated carbocycles. The van der Waals surface area contributed by atoms with E-state index in [1.807, 2.05) is 0 Å². The molecule has 0 fully saturated rings. The highest BCUT2D eigenvalue weighted by atomic mass is 35.5. The molecule has 0 bridgehead atoms. The molecule has 1 heterocycles. The van der Waals surface area contributed by atoms with E-state index in [4.69, 9.17) is 11.6 Å². The number of hydrogen-bond acceptors (Lipinski definition) is 1. The van der Waals surface area contributed by atoms with Gasteiger partial charge in [-0.2, -0.15) is 0 Å². The minimum atomic E-state index is -1.03. The van der Waals surface area contributed by atoms with Gasteiger partial charge in [0.15, 0.2) is 11.6 Å². The molecule has 0 radical (unpaired) electrons. The van der Waals surface area contributed by atoms with Crippen LogP contribution in [-0.4, -0.2) is 9.55 Å². The molecule has 0 aliphatic rings. The normalized spacial score (nSPS) is 12.8. The van der Waals surface area contributed by atoms with Crippen molar-refractivity contribution in [1.82, 2.24) is 9.55 Å². The highest BCUT2D eigenvalue weighted by Crippen LogP contribution is 2.30. The third kappa shape index (κ3) is 2.27. The first-order chi connectivity index (χ1) is 9.99. The molecule has 108 valence electrons. The Morgan fingerprint density at radius 2 is 1.90 bits per heavy atom. The highest BCUT2D eigenvalue weighted by molar-refractivity contribution is 6.20. The number of aromatic nitrogens is 2. The summed E-state index contributed by atoms with van der Waals surface area (Å²) >= 11 is 6.07. The molecule has 0 saturated heterocycles. The van der Waals surface area contributed by atoms with E-state index in [1.165, 1.54) is 28.8 Å². The first kappa shape index (κ1) is 13.9. The van der Waals surface area contributed by atoms with E-state index in [0.29, 0.717) is 11.5 Å². The van der Waals surface area contributed by atoms with Crippen molar-refractivity contribution in [1.29, 1.82) is 0 Å². The fraction of sp³-hybridized carbons (Fsp3) is 0.133. The largest absolute Gasteiger partial charge is 0.292 e. The van der Waals surface area contributed by atoms with Crippen molar-refractivity contribution in [2.75, 3.05) is 0 Å². The number of rotatable bonds is 2. The van der Waals surface area contributed by atoms with Crippen molar-refractivity contribution in [3.8, 4) is 5.69 Å². The summed E-state index contributed by atoms with van der Waals surface area (Å²) in [6.07, 6.45) is 0. The molecule has 0 N–H and O–H groups in total. The minimum absolute atomic E-state index is 0.0527. The van der Waals surface area contributed by atoms with E-state index < -0.39 is 22.8 Å². The van der Waals surface area contributed by atoms with Crippen LogP contribution in [0.2, 0.25) is 0 Å². The predicted octanol–water partition coefficient (Wildman–Crippen LogP) is 4.74. The molecule has 1 unspecified atom stereocenters. The molecule has 6 heteroatoms. The van der Waals surface area contributed by atoms with Crippen LogP contribution in [0, 0.1) is 17.5 Å². The number of halogens is 4. The van der Waals surface area contributed by atoms with Crippen LogP contribution < -0.4 is 0 Å². The molecule has 3 rings (SSSR count). The minimum Gasteiger partial charge on any atom is -0.292 e. The van der Waals surface area contributed by atoms with Crippen LogP contribution in [0.4, 0.5) is 13.2 Å². The summed E-state index contributed by atoms with van der Waals surface area (Å²) in [7, 11) is 0. The Morgan fingerprint density at radius 1 is 1.14 bits per heavy atom. The monoisotopic (exact) mass is 310 g/mol. The second-order valence-electron chi connectivity index (χ2n) is 4.63. The molecule has 0 aliphatic heterocycles. The number of imidazole rings is 1. The highest BCUT2D eigenvalue weighted by Gasteiger charge is 2.21. The van der Waals surface area contributed by atoms with Gasteiger partial charge in [-0.15, -0.1) is 11.6 Å². The van der Waals surface area contributed by atoms with Crippen LogP contribution in [0.15, 0.2) is 36.4 Å².